The number of carbonyl (C=O) groups excluding carboxylic acids is 1. The maximum Gasteiger partial charge on any atom is 0.334 e. The second-order valence-electron chi connectivity index (χ2n) is 5.22. The Hall–Kier alpha value is -2.06. The van der Waals surface area contributed by atoms with E-state index in [0.29, 0.717) is 5.57 Å². The van der Waals surface area contributed by atoms with Gasteiger partial charge >= 0.3 is 5.97 Å². The number of cyclic esters (lactones) is 1. The Morgan fingerprint density at radius 1 is 0.905 bits per heavy atom. The van der Waals surface area contributed by atoms with Crippen molar-refractivity contribution in [2.75, 3.05) is 0 Å². The van der Waals surface area contributed by atoms with Gasteiger partial charge in [-0.05, 0) is 48.2 Å². The van der Waals surface area contributed by atoms with E-state index in [-0.39, 0.29) is 12.1 Å². The van der Waals surface area contributed by atoms with Crippen LogP contribution in [0.2, 0.25) is 5.02 Å². The molecule has 2 aromatic rings. The largest absolute Gasteiger partial charge is 0.450 e. The maximum atomic E-state index is 11.6. The third-order valence-corrected chi connectivity index (χ3v) is 4.16. The Labute approximate surface area is 129 Å². The van der Waals surface area contributed by atoms with E-state index < -0.39 is 0 Å². The van der Waals surface area contributed by atoms with Crippen molar-refractivity contribution in [3.05, 3.63) is 70.3 Å². The van der Waals surface area contributed by atoms with E-state index in [2.05, 4.69) is 0 Å². The number of benzene rings is 2. The molecule has 3 heteroatoms. The van der Waals surface area contributed by atoms with Crippen molar-refractivity contribution < 1.29 is 9.53 Å². The van der Waals surface area contributed by atoms with Crippen LogP contribution in [-0.2, 0) is 9.53 Å². The van der Waals surface area contributed by atoms with Gasteiger partial charge in [-0.25, -0.2) is 4.79 Å². The van der Waals surface area contributed by atoms with Crippen molar-refractivity contribution in [3.63, 3.8) is 0 Å². The fourth-order valence-corrected chi connectivity index (χ4v) is 2.58. The lowest BCUT2D eigenvalue weighted by molar-refractivity contribution is -0.140. The molecule has 0 spiro atoms. The van der Waals surface area contributed by atoms with Crippen LogP contribution >= 0.6 is 11.6 Å². The average Bonchev–Trinajstić information content (AvgIpc) is 2.76. The van der Waals surface area contributed by atoms with E-state index in [1.54, 1.807) is 6.92 Å². The molecule has 0 aromatic heterocycles. The highest BCUT2D eigenvalue weighted by Crippen LogP contribution is 2.35. The van der Waals surface area contributed by atoms with Crippen LogP contribution in [-0.4, -0.2) is 5.97 Å². The number of hydrogen-bond acceptors (Lipinski definition) is 2. The number of carbonyl (C=O) groups is 1. The molecular weight excluding hydrogens is 284 g/mol. The van der Waals surface area contributed by atoms with Gasteiger partial charge in [-0.3, -0.25) is 0 Å². The number of rotatable bonds is 2. The number of halogens is 1. The molecule has 1 heterocycles. The van der Waals surface area contributed by atoms with E-state index in [1.807, 2.05) is 55.5 Å². The third kappa shape index (κ3) is 2.59. The van der Waals surface area contributed by atoms with Gasteiger partial charge in [0.2, 0.25) is 0 Å². The summed E-state index contributed by atoms with van der Waals surface area (Å²) in [7, 11) is 0. The minimum atomic E-state index is -0.253. The molecule has 0 radical (unpaired) electrons. The quantitative estimate of drug-likeness (QED) is 0.734. The van der Waals surface area contributed by atoms with Gasteiger partial charge in [0, 0.05) is 10.6 Å². The lowest BCUT2D eigenvalue weighted by Crippen LogP contribution is -2.02. The Kier molecular flexibility index (Phi) is 3.56. The smallest absolute Gasteiger partial charge is 0.334 e. The number of hydrogen-bond donors (Lipinski definition) is 0. The molecule has 0 saturated heterocycles. The maximum absolute atomic E-state index is 11.6. The summed E-state index contributed by atoms with van der Waals surface area (Å²) in [5.41, 5.74) is 4.91. The molecule has 0 fully saturated rings. The molecule has 0 saturated carbocycles. The van der Waals surface area contributed by atoms with Gasteiger partial charge in [-0.2, -0.15) is 0 Å². The van der Waals surface area contributed by atoms with Crippen LogP contribution in [0.4, 0.5) is 0 Å². The second-order valence-corrected chi connectivity index (χ2v) is 5.66. The predicted molar refractivity (Wildman–Crippen MR) is 84.1 cm³/mol. The summed E-state index contributed by atoms with van der Waals surface area (Å²) in [5.74, 6) is -0.223. The zero-order valence-electron chi connectivity index (χ0n) is 11.9. The highest BCUT2D eigenvalue weighted by molar-refractivity contribution is 6.30. The van der Waals surface area contributed by atoms with Crippen molar-refractivity contribution in [1.29, 1.82) is 0 Å². The summed E-state index contributed by atoms with van der Waals surface area (Å²) in [6, 6.07) is 15.8. The summed E-state index contributed by atoms with van der Waals surface area (Å²) in [6.07, 6.45) is -0.253. The van der Waals surface area contributed by atoms with Crippen LogP contribution in [0.15, 0.2) is 59.7 Å². The first-order valence-corrected chi connectivity index (χ1v) is 7.18. The molecule has 2 nitrogen and oxygen atoms in total. The van der Waals surface area contributed by atoms with E-state index in [0.717, 1.165) is 27.3 Å². The van der Waals surface area contributed by atoms with Gasteiger partial charge in [-0.1, -0.05) is 48.0 Å². The van der Waals surface area contributed by atoms with Crippen LogP contribution in [0.3, 0.4) is 0 Å². The summed E-state index contributed by atoms with van der Waals surface area (Å²) < 4.78 is 5.40. The molecule has 0 amide bonds. The number of ether oxygens (including phenoxy) is 1. The fraction of sp³-hybridized carbons (Fsp3) is 0.167. The summed E-state index contributed by atoms with van der Waals surface area (Å²) >= 11 is 5.90. The standard InChI is InChI=1S/C18H15ClO2/c1-11-12(2)18(20)21-17(11)15-5-3-13(4-6-15)14-7-9-16(19)10-8-14/h3-10,17H,1-2H3. The second kappa shape index (κ2) is 5.38. The zero-order chi connectivity index (χ0) is 15.0. The van der Waals surface area contributed by atoms with Crippen LogP contribution in [0.1, 0.15) is 25.5 Å². The number of esters is 1. The first kappa shape index (κ1) is 13.9. The third-order valence-electron chi connectivity index (χ3n) is 3.91. The molecule has 1 unspecified atom stereocenters. The van der Waals surface area contributed by atoms with E-state index in [1.165, 1.54) is 0 Å². The molecule has 106 valence electrons. The topological polar surface area (TPSA) is 26.3 Å². The van der Waals surface area contributed by atoms with Gasteiger partial charge in [0.15, 0.2) is 0 Å². The van der Waals surface area contributed by atoms with Crippen LogP contribution in [0.5, 0.6) is 0 Å². The minimum Gasteiger partial charge on any atom is -0.450 e. The minimum absolute atomic E-state index is 0.223. The molecule has 1 atom stereocenters. The monoisotopic (exact) mass is 298 g/mol. The summed E-state index contributed by atoms with van der Waals surface area (Å²) in [5, 5.41) is 0.726. The van der Waals surface area contributed by atoms with Crippen LogP contribution < -0.4 is 0 Å². The lowest BCUT2D eigenvalue weighted by atomic mass is 9.98. The van der Waals surface area contributed by atoms with Crippen molar-refractivity contribution in [2.24, 2.45) is 0 Å². The first-order chi connectivity index (χ1) is 10.1. The SMILES string of the molecule is CC1=C(C)C(c2ccc(-c3ccc(Cl)cc3)cc2)OC1=O. The van der Waals surface area contributed by atoms with Crippen molar-refractivity contribution in [3.8, 4) is 11.1 Å². The highest BCUT2D eigenvalue weighted by Gasteiger charge is 2.29. The van der Waals surface area contributed by atoms with E-state index in [9.17, 15) is 4.79 Å². The van der Waals surface area contributed by atoms with Gasteiger partial charge in [0.25, 0.3) is 0 Å². The molecular formula is C18H15ClO2. The Balaban J connectivity index is 1.88. The Morgan fingerprint density at radius 3 is 1.90 bits per heavy atom. The van der Waals surface area contributed by atoms with Crippen LogP contribution in [0, 0.1) is 0 Å². The van der Waals surface area contributed by atoms with E-state index >= 15 is 0 Å². The van der Waals surface area contributed by atoms with Crippen molar-refractivity contribution >= 4 is 17.6 Å². The Bertz CT molecular complexity index is 712. The zero-order valence-corrected chi connectivity index (χ0v) is 12.6. The lowest BCUT2D eigenvalue weighted by Gasteiger charge is -2.12. The van der Waals surface area contributed by atoms with Crippen molar-refractivity contribution in [2.45, 2.75) is 20.0 Å². The molecule has 2 aromatic carbocycles. The van der Waals surface area contributed by atoms with Crippen molar-refractivity contribution in [1.82, 2.24) is 0 Å². The van der Waals surface area contributed by atoms with Gasteiger partial charge in [0.05, 0.1) is 0 Å². The van der Waals surface area contributed by atoms with Crippen LogP contribution in [0.25, 0.3) is 11.1 Å². The highest BCUT2D eigenvalue weighted by atomic mass is 35.5. The molecule has 1 aliphatic heterocycles. The molecule has 0 N–H and O–H groups in total. The average molecular weight is 299 g/mol. The van der Waals surface area contributed by atoms with Gasteiger partial charge < -0.3 is 4.74 Å². The molecule has 3 rings (SSSR count). The molecule has 21 heavy (non-hydrogen) atoms. The first-order valence-electron chi connectivity index (χ1n) is 6.80. The van der Waals surface area contributed by atoms with Gasteiger partial charge in [-0.15, -0.1) is 0 Å². The Morgan fingerprint density at radius 2 is 1.43 bits per heavy atom. The predicted octanol–water partition coefficient (Wildman–Crippen LogP) is 4.94. The van der Waals surface area contributed by atoms with E-state index in [4.69, 9.17) is 16.3 Å². The summed E-state index contributed by atoms with van der Waals surface area (Å²) in [6.45, 7) is 3.75. The molecule has 1 aliphatic rings. The normalized spacial score (nSPS) is 18.0. The molecule has 0 bridgehead atoms. The summed E-state index contributed by atoms with van der Waals surface area (Å²) in [4.78, 5) is 11.6. The van der Waals surface area contributed by atoms with Gasteiger partial charge in [0.1, 0.15) is 6.10 Å². The fourth-order valence-electron chi connectivity index (χ4n) is 2.45. The molecule has 0 aliphatic carbocycles.